The molecule has 9 heteroatoms. The number of esters is 1. The van der Waals surface area contributed by atoms with E-state index in [0.717, 1.165) is 88.7 Å². The van der Waals surface area contributed by atoms with E-state index in [1.165, 1.54) is 18.4 Å². The van der Waals surface area contributed by atoms with Gasteiger partial charge in [0.15, 0.2) is 0 Å². The second kappa shape index (κ2) is 16.3. The number of nitrogens with zero attached hydrogens (tertiary/aromatic N) is 2. The van der Waals surface area contributed by atoms with Gasteiger partial charge in [0.2, 0.25) is 11.8 Å². The standard InChI is InChI=1S/C37H50N2O6S/c1-26-8-10-27(11-9-26)35(40)39(28-12-14-30(15-13-28)45-33-7-5-6-21-38-33)32-25-31(46-34(32)36(41)42-4)16-19-37(2,3)20-24-44-29-17-22-43-23-18-29/h5-7,21,25-30H,8-15,17-18,20,22-24H2,1-4H3/t26-,27-,28-,30-. The fourth-order valence-electron chi connectivity index (χ4n) is 6.69. The van der Waals surface area contributed by atoms with E-state index in [0.29, 0.717) is 29.0 Å². The first-order valence-corrected chi connectivity index (χ1v) is 17.9. The van der Waals surface area contributed by atoms with E-state index in [-0.39, 0.29) is 35.5 Å². The quantitative estimate of drug-likeness (QED) is 0.195. The third-order valence-electron chi connectivity index (χ3n) is 9.65. The van der Waals surface area contributed by atoms with Crippen molar-refractivity contribution in [2.75, 3.05) is 31.8 Å². The first kappa shape index (κ1) is 34.4. The molecular formula is C37H50N2O6S. The molecule has 2 saturated carbocycles. The third kappa shape index (κ3) is 9.33. The fraction of sp³-hybridized carbons (Fsp3) is 0.649. The normalized spacial score (nSPS) is 24.0. The molecule has 1 saturated heterocycles. The van der Waals surface area contributed by atoms with Gasteiger partial charge in [-0.05, 0) is 103 Å². The number of ether oxygens (including phenoxy) is 4. The minimum absolute atomic E-state index is 0.0342. The average Bonchev–Trinajstić information content (AvgIpc) is 3.49. The van der Waals surface area contributed by atoms with E-state index in [2.05, 4.69) is 37.6 Å². The number of amides is 1. The lowest BCUT2D eigenvalue weighted by Crippen LogP contribution is -2.47. The van der Waals surface area contributed by atoms with E-state index >= 15 is 0 Å². The van der Waals surface area contributed by atoms with Gasteiger partial charge in [-0.25, -0.2) is 9.78 Å². The summed E-state index contributed by atoms with van der Waals surface area (Å²) < 4.78 is 23.0. The van der Waals surface area contributed by atoms with Crippen molar-refractivity contribution in [2.45, 2.75) is 110 Å². The molecule has 2 aromatic heterocycles. The van der Waals surface area contributed by atoms with E-state index < -0.39 is 5.97 Å². The van der Waals surface area contributed by atoms with E-state index in [1.54, 1.807) is 6.20 Å². The van der Waals surface area contributed by atoms with E-state index in [1.807, 2.05) is 29.2 Å². The summed E-state index contributed by atoms with van der Waals surface area (Å²) in [6, 6.07) is 7.59. The van der Waals surface area contributed by atoms with Crippen LogP contribution in [0.15, 0.2) is 30.5 Å². The molecule has 2 aromatic rings. The predicted octanol–water partition coefficient (Wildman–Crippen LogP) is 7.44. The summed E-state index contributed by atoms with van der Waals surface area (Å²) in [7, 11) is 1.40. The fourth-order valence-corrected chi connectivity index (χ4v) is 7.61. The Balaban J connectivity index is 1.35. The highest BCUT2D eigenvalue weighted by Gasteiger charge is 2.38. The molecule has 0 unspecified atom stereocenters. The van der Waals surface area contributed by atoms with Crippen LogP contribution in [0.25, 0.3) is 0 Å². The number of thiophene rings is 1. The van der Waals surface area contributed by atoms with Crippen molar-refractivity contribution in [2.24, 2.45) is 17.3 Å². The number of carbonyl (C=O) groups excluding carboxylic acids is 2. The molecule has 1 aliphatic heterocycles. The molecule has 3 aliphatic rings. The van der Waals surface area contributed by atoms with Crippen LogP contribution in [-0.4, -0.2) is 62.0 Å². The second-order valence-corrected chi connectivity index (χ2v) is 14.8. The summed E-state index contributed by atoms with van der Waals surface area (Å²) in [6.45, 7) is 8.67. The Morgan fingerprint density at radius 3 is 2.43 bits per heavy atom. The molecule has 250 valence electrons. The van der Waals surface area contributed by atoms with Gasteiger partial charge < -0.3 is 23.8 Å². The van der Waals surface area contributed by atoms with Crippen LogP contribution in [0, 0.1) is 29.1 Å². The molecule has 2 aliphatic carbocycles. The number of methoxy groups -OCH3 is 1. The van der Waals surface area contributed by atoms with E-state index in [9.17, 15) is 9.59 Å². The molecule has 46 heavy (non-hydrogen) atoms. The van der Waals surface area contributed by atoms with Crippen LogP contribution in [0.2, 0.25) is 0 Å². The van der Waals surface area contributed by atoms with Gasteiger partial charge in [0.25, 0.3) is 0 Å². The maximum atomic E-state index is 14.4. The predicted molar refractivity (Wildman–Crippen MR) is 180 cm³/mol. The molecule has 1 amide bonds. The van der Waals surface area contributed by atoms with Gasteiger partial charge in [0.1, 0.15) is 11.0 Å². The van der Waals surface area contributed by atoms with Crippen LogP contribution in [-0.2, 0) is 19.0 Å². The molecular weight excluding hydrogens is 600 g/mol. The lowest BCUT2D eigenvalue weighted by Gasteiger charge is -2.39. The Bertz CT molecular complexity index is 1340. The Labute approximate surface area is 278 Å². The molecule has 0 spiro atoms. The van der Waals surface area contributed by atoms with Crippen LogP contribution in [0.1, 0.15) is 106 Å². The van der Waals surface area contributed by atoms with Crippen LogP contribution >= 0.6 is 11.3 Å². The maximum absolute atomic E-state index is 14.4. The molecule has 3 heterocycles. The Hall–Kier alpha value is -2.93. The average molecular weight is 651 g/mol. The van der Waals surface area contributed by atoms with Crippen molar-refractivity contribution in [3.63, 3.8) is 0 Å². The van der Waals surface area contributed by atoms with Crippen LogP contribution in [0.5, 0.6) is 5.88 Å². The van der Waals surface area contributed by atoms with E-state index in [4.69, 9.17) is 18.9 Å². The minimum Gasteiger partial charge on any atom is -0.474 e. The molecule has 0 radical (unpaired) electrons. The van der Waals surface area contributed by atoms with Gasteiger partial charge >= 0.3 is 5.97 Å². The van der Waals surface area contributed by atoms with Gasteiger partial charge in [0.05, 0.1) is 23.8 Å². The molecule has 8 nitrogen and oxygen atoms in total. The monoisotopic (exact) mass is 650 g/mol. The summed E-state index contributed by atoms with van der Waals surface area (Å²) in [5.74, 6) is 7.69. The number of hydrogen-bond donors (Lipinski definition) is 0. The number of hydrogen-bond acceptors (Lipinski definition) is 8. The smallest absolute Gasteiger partial charge is 0.350 e. The second-order valence-electron chi connectivity index (χ2n) is 13.8. The van der Waals surface area contributed by atoms with Crippen molar-refractivity contribution < 1.29 is 28.5 Å². The molecule has 5 rings (SSSR count). The third-order valence-corrected chi connectivity index (χ3v) is 10.7. The summed E-state index contributed by atoms with van der Waals surface area (Å²) >= 11 is 1.32. The topological polar surface area (TPSA) is 87.2 Å². The number of pyridine rings is 1. The van der Waals surface area contributed by atoms with Crippen molar-refractivity contribution in [3.05, 3.63) is 40.2 Å². The highest BCUT2D eigenvalue weighted by Crippen LogP contribution is 2.39. The number of rotatable bonds is 10. The van der Waals surface area contributed by atoms with Gasteiger partial charge in [0, 0.05) is 49.5 Å². The summed E-state index contributed by atoms with van der Waals surface area (Å²) in [6.07, 6.45) is 11.7. The SMILES string of the molecule is COC(=O)c1sc(C#CC(C)(C)CCOC2CCOCC2)cc1N(C(=O)[C@H]1CC[C@H](C)CC1)[C@H]1CC[C@H](Oc2ccccn2)CC1. The molecule has 0 N–H and O–H groups in total. The zero-order valence-corrected chi connectivity index (χ0v) is 28.7. The molecule has 3 fully saturated rings. The molecule has 0 atom stereocenters. The van der Waals surface area contributed by atoms with Gasteiger partial charge in [-0.3, -0.25) is 4.79 Å². The largest absolute Gasteiger partial charge is 0.474 e. The Kier molecular flexibility index (Phi) is 12.2. The zero-order chi connectivity index (χ0) is 32.5. The summed E-state index contributed by atoms with van der Waals surface area (Å²) in [4.78, 5) is 35.0. The highest BCUT2D eigenvalue weighted by atomic mass is 32.1. The summed E-state index contributed by atoms with van der Waals surface area (Å²) in [5, 5.41) is 0. The molecule has 0 aromatic carbocycles. The van der Waals surface area contributed by atoms with Crippen LogP contribution < -0.4 is 9.64 Å². The number of aromatic nitrogens is 1. The Morgan fingerprint density at radius 2 is 1.76 bits per heavy atom. The first-order chi connectivity index (χ1) is 22.2. The number of carbonyl (C=O) groups is 2. The maximum Gasteiger partial charge on any atom is 0.350 e. The van der Waals surface area contributed by atoms with Crippen molar-refractivity contribution in [3.8, 4) is 17.7 Å². The van der Waals surface area contributed by atoms with Crippen molar-refractivity contribution in [1.29, 1.82) is 0 Å². The van der Waals surface area contributed by atoms with Crippen LogP contribution in [0.3, 0.4) is 0 Å². The lowest BCUT2D eigenvalue weighted by molar-refractivity contribution is -0.124. The number of anilines is 1. The van der Waals surface area contributed by atoms with Crippen LogP contribution in [0.4, 0.5) is 5.69 Å². The van der Waals surface area contributed by atoms with Gasteiger partial charge in [-0.2, -0.15) is 0 Å². The highest BCUT2D eigenvalue weighted by molar-refractivity contribution is 7.15. The van der Waals surface area contributed by atoms with Crippen molar-refractivity contribution >= 4 is 28.9 Å². The Morgan fingerprint density at radius 1 is 1.02 bits per heavy atom. The summed E-state index contributed by atoms with van der Waals surface area (Å²) in [5.41, 5.74) is 0.362. The van der Waals surface area contributed by atoms with Gasteiger partial charge in [-0.1, -0.05) is 24.8 Å². The minimum atomic E-state index is -0.431. The van der Waals surface area contributed by atoms with Gasteiger partial charge in [-0.15, -0.1) is 11.3 Å². The zero-order valence-electron chi connectivity index (χ0n) is 27.9. The lowest BCUT2D eigenvalue weighted by atomic mass is 9.81. The molecule has 0 bridgehead atoms. The first-order valence-electron chi connectivity index (χ1n) is 17.1. The van der Waals surface area contributed by atoms with Crippen molar-refractivity contribution in [1.82, 2.24) is 4.98 Å².